The Balaban J connectivity index is 0.000000263. The largest absolute Gasteiger partial charge is 0.490 e. The topological polar surface area (TPSA) is 121 Å². The SMILES string of the molecule is O=C(O)C(F)(F)F.O=C(O)C(F)(F)F.c1ccc(-c2cnc3n2CCNC32CCN(Cc3nccs3)CC2)cc1. The van der Waals surface area contributed by atoms with Crippen molar-refractivity contribution in [2.75, 3.05) is 19.6 Å². The Morgan fingerprint density at radius 3 is 2.02 bits per heavy atom. The molecule has 0 atom stereocenters. The molecular formula is C24H25F6N5O4S. The van der Waals surface area contributed by atoms with Crippen molar-refractivity contribution in [2.24, 2.45) is 0 Å². The number of likely N-dealkylation sites (tertiary alicyclic amines) is 1. The number of halogens is 6. The Labute approximate surface area is 228 Å². The number of imidazole rings is 1. The number of benzene rings is 1. The van der Waals surface area contributed by atoms with Crippen molar-refractivity contribution in [3.63, 3.8) is 0 Å². The van der Waals surface area contributed by atoms with Gasteiger partial charge in [0.2, 0.25) is 0 Å². The van der Waals surface area contributed by atoms with Crippen molar-refractivity contribution in [1.82, 2.24) is 24.8 Å². The van der Waals surface area contributed by atoms with Crippen molar-refractivity contribution >= 4 is 23.3 Å². The van der Waals surface area contributed by atoms with E-state index in [1.165, 1.54) is 22.1 Å². The number of thiazole rings is 1. The number of hydrogen-bond donors (Lipinski definition) is 3. The van der Waals surface area contributed by atoms with Crippen LogP contribution >= 0.6 is 11.3 Å². The van der Waals surface area contributed by atoms with Gasteiger partial charge in [-0.2, -0.15) is 26.3 Å². The Bertz CT molecular complexity index is 1230. The van der Waals surface area contributed by atoms with Gasteiger partial charge in [0.1, 0.15) is 10.8 Å². The van der Waals surface area contributed by atoms with Crippen LogP contribution in [0.5, 0.6) is 0 Å². The predicted molar refractivity (Wildman–Crippen MR) is 131 cm³/mol. The second kappa shape index (κ2) is 12.8. The van der Waals surface area contributed by atoms with Crippen LogP contribution in [-0.4, -0.2) is 73.6 Å². The molecule has 0 aliphatic carbocycles. The summed E-state index contributed by atoms with van der Waals surface area (Å²) in [4.78, 5) is 29.6. The van der Waals surface area contributed by atoms with Crippen molar-refractivity contribution in [1.29, 1.82) is 0 Å². The van der Waals surface area contributed by atoms with E-state index in [1.54, 1.807) is 11.3 Å². The third kappa shape index (κ3) is 8.02. The van der Waals surface area contributed by atoms with E-state index >= 15 is 0 Å². The number of fused-ring (bicyclic) bond motifs is 2. The molecule has 0 unspecified atom stereocenters. The second-order valence-corrected chi connectivity index (χ2v) is 9.78. The molecule has 1 saturated heterocycles. The Hall–Kier alpha value is -3.50. The molecular weight excluding hydrogens is 568 g/mol. The van der Waals surface area contributed by atoms with Gasteiger partial charge in [0.15, 0.2) is 0 Å². The summed E-state index contributed by atoms with van der Waals surface area (Å²) < 4.78 is 65.9. The second-order valence-electron chi connectivity index (χ2n) is 8.80. The average Bonchev–Trinajstić information content (AvgIpc) is 3.57. The van der Waals surface area contributed by atoms with Gasteiger partial charge in [-0.1, -0.05) is 30.3 Å². The van der Waals surface area contributed by atoms with Crippen molar-refractivity contribution in [3.8, 4) is 11.3 Å². The summed E-state index contributed by atoms with van der Waals surface area (Å²) in [6, 6.07) is 10.6. The fourth-order valence-electron chi connectivity index (χ4n) is 4.32. The quantitative estimate of drug-likeness (QED) is 0.383. The first-order valence-electron chi connectivity index (χ1n) is 11.8. The first-order valence-corrected chi connectivity index (χ1v) is 12.7. The number of nitrogens with zero attached hydrogens (tertiary/aromatic N) is 4. The molecule has 1 fully saturated rings. The summed E-state index contributed by atoms with van der Waals surface area (Å²) in [6.45, 7) is 5.14. The lowest BCUT2D eigenvalue weighted by atomic mass is 9.85. The molecule has 1 spiro atoms. The Morgan fingerprint density at radius 2 is 1.52 bits per heavy atom. The summed E-state index contributed by atoms with van der Waals surface area (Å²) in [6.07, 6.45) is -4.01. The van der Waals surface area contributed by atoms with Crippen LogP contribution in [0.2, 0.25) is 0 Å². The number of hydrogen-bond acceptors (Lipinski definition) is 7. The Morgan fingerprint density at radius 1 is 0.950 bits per heavy atom. The maximum absolute atomic E-state index is 10.6. The van der Waals surface area contributed by atoms with E-state index in [4.69, 9.17) is 24.8 Å². The van der Waals surface area contributed by atoms with Gasteiger partial charge in [0, 0.05) is 37.8 Å². The minimum Gasteiger partial charge on any atom is -0.475 e. The van der Waals surface area contributed by atoms with Gasteiger partial charge >= 0.3 is 24.3 Å². The molecule has 1 aromatic carbocycles. The molecule has 5 rings (SSSR count). The van der Waals surface area contributed by atoms with Crippen LogP contribution in [0.4, 0.5) is 26.3 Å². The molecule has 40 heavy (non-hydrogen) atoms. The summed E-state index contributed by atoms with van der Waals surface area (Å²) in [5.74, 6) is -4.29. The zero-order valence-corrected chi connectivity index (χ0v) is 21.6. The lowest BCUT2D eigenvalue weighted by molar-refractivity contribution is -0.193. The predicted octanol–water partition coefficient (Wildman–Crippen LogP) is 4.37. The molecule has 3 aromatic rings. The number of carboxylic acid groups (broad SMARTS) is 2. The van der Waals surface area contributed by atoms with E-state index < -0.39 is 24.3 Å². The number of carboxylic acids is 2. The first-order chi connectivity index (χ1) is 18.7. The highest BCUT2D eigenvalue weighted by Gasteiger charge is 2.42. The number of carbonyl (C=O) groups is 2. The van der Waals surface area contributed by atoms with E-state index in [0.717, 1.165) is 45.6 Å². The normalized spacial score (nSPS) is 16.6. The maximum Gasteiger partial charge on any atom is 0.490 e. The number of nitrogens with one attached hydrogen (secondary N) is 1. The highest BCUT2D eigenvalue weighted by atomic mass is 32.1. The molecule has 3 N–H and O–H groups in total. The number of aromatic nitrogens is 3. The lowest BCUT2D eigenvalue weighted by Gasteiger charge is -2.44. The molecule has 0 bridgehead atoms. The van der Waals surface area contributed by atoms with Crippen LogP contribution < -0.4 is 5.32 Å². The fraction of sp³-hybridized carbons (Fsp3) is 0.417. The average molecular weight is 594 g/mol. The molecule has 4 heterocycles. The summed E-state index contributed by atoms with van der Waals surface area (Å²) in [7, 11) is 0. The van der Waals surface area contributed by atoms with Crippen LogP contribution in [0.25, 0.3) is 11.3 Å². The third-order valence-corrected chi connectivity index (χ3v) is 6.95. The fourth-order valence-corrected chi connectivity index (χ4v) is 4.98. The Kier molecular flexibility index (Phi) is 9.92. The molecule has 9 nitrogen and oxygen atoms in total. The zero-order valence-electron chi connectivity index (χ0n) is 20.7. The van der Waals surface area contributed by atoms with E-state index in [9.17, 15) is 26.3 Å². The molecule has 218 valence electrons. The van der Waals surface area contributed by atoms with Gasteiger partial charge in [0.25, 0.3) is 0 Å². The highest BCUT2D eigenvalue weighted by Crippen LogP contribution is 2.37. The molecule has 0 amide bonds. The number of piperidine rings is 1. The van der Waals surface area contributed by atoms with Gasteiger partial charge in [-0.05, 0) is 18.4 Å². The van der Waals surface area contributed by atoms with Gasteiger partial charge < -0.3 is 20.1 Å². The molecule has 0 saturated carbocycles. The first kappa shape index (κ1) is 31.0. The van der Waals surface area contributed by atoms with E-state index in [2.05, 4.69) is 61.7 Å². The van der Waals surface area contributed by atoms with Crippen molar-refractivity contribution in [2.45, 2.75) is 43.8 Å². The van der Waals surface area contributed by atoms with Crippen LogP contribution in [0.1, 0.15) is 23.7 Å². The van der Waals surface area contributed by atoms with Crippen molar-refractivity contribution < 1.29 is 46.1 Å². The molecule has 16 heteroatoms. The monoisotopic (exact) mass is 593 g/mol. The smallest absolute Gasteiger partial charge is 0.475 e. The minimum absolute atomic E-state index is 0.0185. The van der Waals surface area contributed by atoms with E-state index in [0.29, 0.717) is 0 Å². The summed E-state index contributed by atoms with van der Waals surface area (Å²) >= 11 is 1.75. The zero-order chi connectivity index (χ0) is 29.6. The van der Waals surface area contributed by atoms with Crippen LogP contribution in [0.3, 0.4) is 0 Å². The van der Waals surface area contributed by atoms with Crippen LogP contribution in [0.15, 0.2) is 48.1 Å². The lowest BCUT2D eigenvalue weighted by Crippen LogP contribution is -2.55. The highest BCUT2D eigenvalue weighted by molar-refractivity contribution is 7.09. The minimum atomic E-state index is -5.08. The van der Waals surface area contributed by atoms with Gasteiger partial charge in [0.05, 0.1) is 24.0 Å². The van der Waals surface area contributed by atoms with Crippen LogP contribution in [-0.2, 0) is 28.2 Å². The van der Waals surface area contributed by atoms with Gasteiger partial charge in [-0.25, -0.2) is 19.6 Å². The molecule has 2 aliphatic heterocycles. The van der Waals surface area contributed by atoms with Crippen LogP contribution in [0, 0.1) is 0 Å². The number of aliphatic carboxylic acids is 2. The van der Waals surface area contributed by atoms with E-state index in [1.807, 2.05) is 6.20 Å². The third-order valence-electron chi connectivity index (χ3n) is 6.19. The molecule has 2 aromatic heterocycles. The van der Waals surface area contributed by atoms with E-state index in [-0.39, 0.29) is 5.54 Å². The number of rotatable bonds is 3. The van der Waals surface area contributed by atoms with Crippen molar-refractivity contribution in [3.05, 3.63) is 58.9 Å². The number of alkyl halides is 6. The molecule has 2 aliphatic rings. The standard InChI is InChI=1S/C20H23N5S.2C2HF3O2/c1-2-4-16(5-3-1)17-14-22-19-20(23-8-12-25(17)19)6-10-24(11-7-20)15-18-21-9-13-26-18;2*3-2(4,5)1(6)7/h1-5,9,13-14,23H,6-8,10-12,15H2;2*(H,6,7). The summed E-state index contributed by atoms with van der Waals surface area (Å²) in [5, 5.41) is 21.3. The maximum atomic E-state index is 10.6. The molecule has 0 radical (unpaired) electrons. The van der Waals surface area contributed by atoms with Gasteiger partial charge in [-0.15, -0.1) is 11.3 Å². The van der Waals surface area contributed by atoms with Gasteiger partial charge in [-0.3, -0.25) is 4.90 Å². The summed E-state index contributed by atoms with van der Waals surface area (Å²) in [5.41, 5.74) is 2.51.